The van der Waals surface area contributed by atoms with Crippen molar-refractivity contribution < 1.29 is 4.52 Å². The maximum absolute atomic E-state index is 5.34. The molecule has 4 heterocycles. The fourth-order valence-corrected chi connectivity index (χ4v) is 3.93. The third kappa shape index (κ3) is 3.17. The second kappa shape index (κ2) is 7.14. The zero-order chi connectivity index (χ0) is 19.8. The monoisotopic (exact) mass is 402 g/mol. The number of fused-ring (bicyclic) bond motifs is 1. The number of rotatable bonds is 5. The minimum atomic E-state index is 0.571. The molecule has 5 rings (SSSR count). The number of imidazole rings is 1. The summed E-state index contributed by atoms with van der Waals surface area (Å²) in [5.74, 6) is 1.95. The summed E-state index contributed by atoms with van der Waals surface area (Å²) in [4.78, 5) is 14.2. The van der Waals surface area contributed by atoms with Crippen molar-refractivity contribution in [2.24, 2.45) is 0 Å². The average molecular weight is 402 g/mol. The summed E-state index contributed by atoms with van der Waals surface area (Å²) in [7, 11) is 0. The molecule has 1 aromatic carbocycles. The van der Waals surface area contributed by atoms with Crippen LogP contribution in [0.3, 0.4) is 0 Å². The van der Waals surface area contributed by atoms with Crippen LogP contribution < -0.4 is 5.32 Å². The Labute approximate surface area is 171 Å². The zero-order valence-corrected chi connectivity index (χ0v) is 16.8. The van der Waals surface area contributed by atoms with Gasteiger partial charge in [0.15, 0.2) is 22.8 Å². The van der Waals surface area contributed by atoms with Crippen molar-refractivity contribution in [2.75, 3.05) is 5.32 Å². The Hall–Kier alpha value is -3.52. The van der Waals surface area contributed by atoms with Gasteiger partial charge in [-0.15, -0.1) is 0 Å². The summed E-state index contributed by atoms with van der Waals surface area (Å²) in [6.45, 7) is 4.40. The molecule has 0 unspecified atom stereocenters. The first-order valence-corrected chi connectivity index (χ1v) is 10.1. The average Bonchev–Trinajstić information content (AvgIpc) is 3.47. The van der Waals surface area contributed by atoms with E-state index in [2.05, 4.69) is 33.0 Å². The summed E-state index contributed by atoms with van der Waals surface area (Å²) >= 11 is 1.63. The highest BCUT2D eigenvalue weighted by Crippen LogP contribution is 2.30. The maximum Gasteiger partial charge on any atom is 0.170 e. The summed E-state index contributed by atoms with van der Waals surface area (Å²) in [6, 6.07) is 12.2. The zero-order valence-electron chi connectivity index (χ0n) is 16.0. The molecule has 0 spiro atoms. The van der Waals surface area contributed by atoms with Crippen LogP contribution in [0.5, 0.6) is 0 Å². The highest BCUT2D eigenvalue weighted by atomic mass is 32.1. The van der Waals surface area contributed by atoms with Gasteiger partial charge in [-0.3, -0.25) is 4.57 Å². The van der Waals surface area contributed by atoms with Crippen LogP contribution >= 0.6 is 11.3 Å². The van der Waals surface area contributed by atoms with Crippen molar-refractivity contribution in [1.29, 1.82) is 0 Å². The van der Waals surface area contributed by atoms with Crippen molar-refractivity contribution in [2.45, 2.75) is 20.4 Å². The number of hydrogen-bond acceptors (Lipinski definition) is 7. The molecule has 144 valence electrons. The number of nitrogens with one attached hydrogen (secondary N) is 1. The molecule has 8 heteroatoms. The van der Waals surface area contributed by atoms with E-state index >= 15 is 0 Å². The number of anilines is 1. The van der Waals surface area contributed by atoms with E-state index in [0.29, 0.717) is 23.9 Å². The number of nitrogens with zero attached hydrogens (tertiary/aromatic N) is 5. The number of hydrogen-bond donors (Lipinski definition) is 1. The van der Waals surface area contributed by atoms with Gasteiger partial charge in [0.1, 0.15) is 12.1 Å². The van der Waals surface area contributed by atoms with E-state index in [1.54, 1.807) is 17.7 Å². The largest absolute Gasteiger partial charge is 0.364 e. The summed E-state index contributed by atoms with van der Waals surface area (Å²) in [5.41, 5.74) is 5.22. The van der Waals surface area contributed by atoms with Crippen LogP contribution in [-0.2, 0) is 6.54 Å². The normalized spacial score (nSPS) is 11.2. The Morgan fingerprint density at radius 3 is 2.69 bits per heavy atom. The topological polar surface area (TPSA) is 81.7 Å². The molecule has 0 fully saturated rings. The first-order chi connectivity index (χ1) is 14.2. The number of thiophene rings is 1. The van der Waals surface area contributed by atoms with Gasteiger partial charge in [0.25, 0.3) is 0 Å². The van der Waals surface area contributed by atoms with E-state index in [4.69, 9.17) is 14.5 Å². The molecule has 4 aromatic heterocycles. The second-order valence-electron chi connectivity index (χ2n) is 6.70. The molecule has 29 heavy (non-hydrogen) atoms. The van der Waals surface area contributed by atoms with Gasteiger partial charge >= 0.3 is 0 Å². The molecule has 5 aromatic rings. The Morgan fingerprint density at radius 1 is 1.10 bits per heavy atom. The van der Waals surface area contributed by atoms with E-state index in [-0.39, 0.29) is 0 Å². The predicted octanol–water partition coefficient (Wildman–Crippen LogP) is 4.76. The van der Waals surface area contributed by atoms with Crippen LogP contribution in [0.4, 0.5) is 5.82 Å². The maximum atomic E-state index is 5.34. The summed E-state index contributed by atoms with van der Waals surface area (Å²) < 4.78 is 7.32. The number of benzene rings is 1. The SMILES string of the molecule is Cc1noc(C)c1-c1nc(NCc2ccccc2)c2ncn(-c3ccsc3)c2n1. The van der Waals surface area contributed by atoms with Crippen LogP contribution in [-0.4, -0.2) is 24.7 Å². The van der Waals surface area contributed by atoms with Crippen LogP contribution in [0.1, 0.15) is 17.0 Å². The van der Waals surface area contributed by atoms with Gasteiger partial charge < -0.3 is 9.84 Å². The predicted molar refractivity (Wildman–Crippen MR) is 113 cm³/mol. The van der Waals surface area contributed by atoms with Crippen molar-refractivity contribution in [3.63, 3.8) is 0 Å². The minimum absolute atomic E-state index is 0.571. The van der Waals surface area contributed by atoms with Crippen molar-refractivity contribution in [1.82, 2.24) is 24.7 Å². The quantitative estimate of drug-likeness (QED) is 0.456. The van der Waals surface area contributed by atoms with Crippen LogP contribution in [0.15, 0.2) is 58.0 Å². The van der Waals surface area contributed by atoms with E-state index in [9.17, 15) is 0 Å². The fraction of sp³-hybridized carbons (Fsp3) is 0.143. The molecule has 0 aliphatic carbocycles. The molecule has 0 saturated heterocycles. The van der Waals surface area contributed by atoms with Gasteiger partial charge in [0.2, 0.25) is 0 Å². The molecule has 1 N–H and O–H groups in total. The van der Waals surface area contributed by atoms with Gasteiger partial charge in [-0.2, -0.15) is 11.3 Å². The fourth-order valence-electron chi connectivity index (χ4n) is 3.30. The summed E-state index contributed by atoms with van der Waals surface area (Å²) in [6.07, 6.45) is 1.78. The van der Waals surface area contributed by atoms with Gasteiger partial charge in [0.05, 0.1) is 16.9 Å². The highest BCUT2D eigenvalue weighted by molar-refractivity contribution is 7.08. The van der Waals surface area contributed by atoms with Gasteiger partial charge in [-0.05, 0) is 30.9 Å². The molecular weight excluding hydrogens is 384 g/mol. The van der Waals surface area contributed by atoms with E-state index in [0.717, 1.165) is 33.7 Å². The first-order valence-electron chi connectivity index (χ1n) is 9.19. The van der Waals surface area contributed by atoms with Crippen LogP contribution in [0, 0.1) is 13.8 Å². The Bertz CT molecular complexity index is 1250. The molecule has 0 radical (unpaired) electrons. The number of aryl methyl sites for hydroxylation is 2. The van der Waals surface area contributed by atoms with Gasteiger partial charge in [-0.1, -0.05) is 35.5 Å². The molecule has 0 bridgehead atoms. The first kappa shape index (κ1) is 17.6. The van der Waals surface area contributed by atoms with Crippen molar-refractivity contribution in [3.05, 3.63) is 70.5 Å². The molecular formula is C21H18N6OS. The van der Waals surface area contributed by atoms with E-state index in [1.165, 1.54) is 0 Å². The lowest BCUT2D eigenvalue weighted by Crippen LogP contribution is -2.05. The van der Waals surface area contributed by atoms with Crippen molar-refractivity contribution in [3.8, 4) is 17.1 Å². The third-order valence-corrected chi connectivity index (χ3v) is 5.41. The molecule has 0 atom stereocenters. The molecule has 0 saturated carbocycles. The molecule has 0 aliphatic heterocycles. The lowest BCUT2D eigenvalue weighted by molar-refractivity contribution is 0.393. The van der Waals surface area contributed by atoms with Crippen LogP contribution in [0.25, 0.3) is 28.2 Å². The van der Waals surface area contributed by atoms with Gasteiger partial charge in [-0.25, -0.2) is 15.0 Å². The van der Waals surface area contributed by atoms with Gasteiger partial charge in [0, 0.05) is 11.9 Å². The van der Waals surface area contributed by atoms with E-state index < -0.39 is 0 Å². The highest BCUT2D eigenvalue weighted by Gasteiger charge is 2.20. The standard InChI is InChI=1S/C21H18N6OS/c1-13-17(14(2)28-26-13)19-24-20(22-10-15-6-4-3-5-7-15)18-21(25-19)27(12-23-18)16-8-9-29-11-16/h3-9,11-12H,10H2,1-2H3,(H,22,24,25). The Kier molecular flexibility index (Phi) is 4.33. The number of aromatic nitrogens is 5. The smallest absolute Gasteiger partial charge is 0.170 e. The van der Waals surface area contributed by atoms with Crippen molar-refractivity contribution >= 4 is 28.3 Å². The molecule has 7 nitrogen and oxygen atoms in total. The lowest BCUT2D eigenvalue weighted by atomic mass is 10.2. The molecule has 0 amide bonds. The second-order valence-corrected chi connectivity index (χ2v) is 7.48. The Balaban J connectivity index is 1.66. The third-order valence-electron chi connectivity index (χ3n) is 4.74. The molecule has 0 aliphatic rings. The van der Waals surface area contributed by atoms with E-state index in [1.807, 2.05) is 48.1 Å². The van der Waals surface area contributed by atoms with Crippen LogP contribution in [0.2, 0.25) is 0 Å². The lowest BCUT2D eigenvalue weighted by Gasteiger charge is -2.09. The summed E-state index contributed by atoms with van der Waals surface area (Å²) in [5, 5.41) is 11.6. The Morgan fingerprint density at radius 2 is 1.97 bits per heavy atom. The minimum Gasteiger partial charge on any atom is -0.364 e.